The third-order valence-corrected chi connectivity index (χ3v) is 3.61. The maximum Gasteiger partial charge on any atom is 0.178 e. The summed E-state index contributed by atoms with van der Waals surface area (Å²) in [7, 11) is 0. The topological polar surface area (TPSA) is 44.5 Å². The molecule has 0 unspecified atom stereocenters. The molecule has 4 heteroatoms. The molecule has 2 aromatic rings. The summed E-state index contributed by atoms with van der Waals surface area (Å²) in [6.07, 6.45) is 3.66. The highest BCUT2D eigenvalue weighted by Crippen LogP contribution is 2.34. The number of fused-ring (bicyclic) bond motifs is 1. The number of benzene rings is 1. The summed E-state index contributed by atoms with van der Waals surface area (Å²) < 4.78 is 2.90. The van der Waals surface area contributed by atoms with Gasteiger partial charge in [-0.3, -0.25) is 0 Å². The Morgan fingerprint density at radius 1 is 1.44 bits per heavy atom. The number of rotatable bonds is 1. The quantitative estimate of drug-likeness (QED) is 0.762. The van der Waals surface area contributed by atoms with E-state index in [2.05, 4.69) is 15.6 Å². The van der Waals surface area contributed by atoms with E-state index in [1.54, 1.807) is 0 Å². The van der Waals surface area contributed by atoms with Gasteiger partial charge in [0.1, 0.15) is 6.07 Å². The molecule has 0 bridgehead atoms. The number of H-pyrrole nitrogens is 1. The average Bonchev–Trinajstić information content (AvgIpc) is 2.54. The fraction of sp³-hybridized carbons (Fsp3) is 0.333. The highest BCUT2D eigenvalue weighted by atomic mass is 32.1. The third kappa shape index (κ3) is 1.22. The van der Waals surface area contributed by atoms with Crippen LogP contribution in [-0.4, -0.2) is 9.55 Å². The second-order valence-electron chi connectivity index (χ2n) is 4.20. The maximum absolute atomic E-state index is 9.03. The van der Waals surface area contributed by atoms with Crippen LogP contribution in [0.25, 0.3) is 11.0 Å². The van der Waals surface area contributed by atoms with Crippen LogP contribution in [0.15, 0.2) is 18.2 Å². The van der Waals surface area contributed by atoms with Crippen molar-refractivity contribution in [3.63, 3.8) is 0 Å². The van der Waals surface area contributed by atoms with E-state index in [1.807, 2.05) is 18.2 Å². The van der Waals surface area contributed by atoms with Gasteiger partial charge in [-0.15, -0.1) is 0 Å². The SMILES string of the molecule is N#Cc1cccc2c1[nH]c(=S)n2C1CCC1. The highest BCUT2D eigenvalue weighted by Gasteiger charge is 2.22. The van der Waals surface area contributed by atoms with E-state index in [1.165, 1.54) is 19.3 Å². The number of para-hydroxylation sites is 1. The minimum absolute atomic E-state index is 0.523. The van der Waals surface area contributed by atoms with Gasteiger partial charge in [-0.25, -0.2) is 0 Å². The largest absolute Gasteiger partial charge is 0.329 e. The molecule has 1 N–H and O–H groups in total. The van der Waals surface area contributed by atoms with Gasteiger partial charge in [0.2, 0.25) is 0 Å². The summed E-state index contributed by atoms with van der Waals surface area (Å²) in [4.78, 5) is 3.15. The first-order chi connectivity index (χ1) is 7.81. The van der Waals surface area contributed by atoms with Gasteiger partial charge in [0.05, 0.1) is 16.6 Å². The molecule has 1 aromatic heterocycles. The van der Waals surface area contributed by atoms with E-state index in [0.717, 1.165) is 15.8 Å². The fourth-order valence-corrected chi connectivity index (χ4v) is 2.60. The molecule has 1 heterocycles. The Morgan fingerprint density at radius 3 is 2.88 bits per heavy atom. The van der Waals surface area contributed by atoms with Crippen molar-refractivity contribution in [2.24, 2.45) is 0 Å². The Balaban J connectivity index is 2.33. The standard InChI is InChI=1S/C12H11N3S/c13-7-8-3-1-6-10-11(8)14-12(16)15(10)9-4-2-5-9/h1,3,6,9H,2,4-5H2,(H,14,16). The van der Waals surface area contributed by atoms with Gasteiger partial charge in [-0.1, -0.05) is 6.07 Å². The highest BCUT2D eigenvalue weighted by molar-refractivity contribution is 7.71. The Hall–Kier alpha value is -1.60. The lowest BCUT2D eigenvalue weighted by atomic mass is 9.93. The Morgan fingerprint density at radius 2 is 2.25 bits per heavy atom. The monoisotopic (exact) mass is 229 g/mol. The second kappa shape index (κ2) is 3.46. The van der Waals surface area contributed by atoms with Gasteiger partial charge in [-0.05, 0) is 43.6 Å². The van der Waals surface area contributed by atoms with E-state index in [9.17, 15) is 0 Å². The number of imidazole rings is 1. The number of hydrogen-bond acceptors (Lipinski definition) is 2. The maximum atomic E-state index is 9.03. The molecule has 1 aromatic carbocycles. The lowest BCUT2D eigenvalue weighted by molar-refractivity contribution is 0.318. The summed E-state index contributed by atoms with van der Waals surface area (Å²) in [6.45, 7) is 0. The van der Waals surface area contributed by atoms with Crippen LogP contribution in [0.5, 0.6) is 0 Å². The molecule has 3 nitrogen and oxygen atoms in total. The number of aromatic amines is 1. The molecule has 0 saturated heterocycles. The molecule has 1 aliphatic carbocycles. The van der Waals surface area contributed by atoms with Crippen LogP contribution in [0.3, 0.4) is 0 Å². The molecule has 80 valence electrons. The minimum Gasteiger partial charge on any atom is -0.329 e. The van der Waals surface area contributed by atoms with Crippen molar-refractivity contribution < 1.29 is 0 Å². The molecular weight excluding hydrogens is 218 g/mol. The summed E-state index contributed by atoms with van der Waals surface area (Å²) in [5.41, 5.74) is 2.61. The van der Waals surface area contributed by atoms with Gasteiger partial charge >= 0.3 is 0 Å². The van der Waals surface area contributed by atoms with Crippen LogP contribution < -0.4 is 0 Å². The van der Waals surface area contributed by atoms with Crippen LogP contribution in [0.1, 0.15) is 30.9 Å². The van der Waals surface area contributed by atoms with E-state index < -0.39 is 0 Å². The van der Waals surface area contributed by atoms with Gasteiger partial charge in [-0.2, -0.15) is 5.26 Å². The zero-order valence-corrected chi connectivity index (χ0v) is 9.55. The van der Waals surface area contributed by atoms with Gasteiger partial charge < -0.3 is 9.55 Å². The summed E-state index contributed by atoms with van der Waals surface area (Å²) in [5, 5.41) is 9.03. The average molecular weight is 229 g/mol. The van der Waals surface area contributed by atoms with E-state index >= 15 is 0 Å². The van der Waals surface area contributed by atoms with E-state index in [4.69, 9.17) is 17.5 Å². The van der Waals surface area contributed by atoms with Crippen molar-refractivity contribution in [1.29, 1.82) is 5.26 Å². The molecule has 16 heavy (non-hydrogen) atoms. The number of hydrogen-bond donors (Lipinski definition) is 1. The van der Waals surface area contributed by atoms with Crippen molar-refractivity contribution in [2.75, 3.05) is 0 Å². The predicted octanol–water partition coefficient (Wildman–Crippen LogP) is 3.30. The Labute approximate surface area is 98.3 Å². The van der Waals surface area contributed by atoms with Crippen molar-refractivity contribution in [3.05, 3.63) is 28.5 Å². The normalized spacial score (nSPS) is 15.9. The molecule has 0 spiro atoms. The molecule has 0 aliphatic heterocycles. The van der Waals surface area contributed by atoms with E-state index in [0.29, 0.717) is 11.6 Å². The first kappa shape index (κ1) is 9.61. The molecule has 3 rings (SSSR count). The first-order valence-corrected chi connectivity index (χ1v) is 5.85. The van der Waals surface area contributed by atoms with Gasteiger partial charge in [0.25, 0.3) is 0 Å². The third-order valence-electron chi connectivity index (χ3n) is 3.31. The second-order valence-corrected chi connectivity index (χ2v) is 4.58. The summed E-state index contributed by atoms with van der Waals surface area (Å²) in [6, 6.07) is 8.48. The van der Waals surface area contributed by atoms with Crippen LogP contribution >= 0.6 is 12.2 Å². The van der Waals surface area contributed by atoms with Gasteiger partial charge in [0, 0.05) is 6.04 Å². The van der Waals surface area contributed by atoms with Crippen molar-refractivity contribution >= 4 is 23.3 Å². The minimum atomic E-state index is 0.523. The number of nitrogens with zero attached hydrogens (tertiary/aromatic N) is 2. The molecule has 0 atom stereocenters. The molecule has 1 aliphatic rings. The van der Waals surface area contributed by atoms with Crippen molar-refractivity contribution in [1.82, 2.24) is 9.55 Å². The molecule has 0 amide bonds. The lowest BCUT2D eigenvalue weighted by Gasteiger charge is -2.27. The van der Waals surface area contributed by atoms with E-state index in [-0.39, 0.29) is 0 Å². The molecule has 0 radical (unpaired) electrons. The molecule has 1 saturated carbocycles. The van der Waals surface area contributed by atoms with Gasteiger partial charge in [0.15, 0.2) is 4.77 Å². The predicted molar refractivity (Wildman–Crippen MR) is 64.7 cm³/mol. The molecule has 1 fully saturated rings. The van der Waals surface area contributed by atoms with Crippen molar-refractivity contribution in [2.45, 2.75) is 25.3 Å². The zero-order chi connectivity index (χ0) is 11.1. The van der Waals surface area contributed by atoms with Crippen LogP contribution in [0, 0.1) is 16.1 Å². The lowest BCUT2D eigenvalue weighted by Crippen LogP contribution is -2.16. The Kier molecular flexibility index (Phi) is 2.08. The smallest absolute Gasteiger partial charge is 0.178 e. The van der Waals surface area contributed by atoms with Crippen LogP contribution in [0.4, 0.5) is 0 Å². The molecular formula is C12H11N3S. The van der Waals surface area contributed by atoms with Crippen LogP contribution in [-0.2, 0) is 0 Å². The number of aromatic nitrogens is 2. The van der Waals surface area contributed by atoms with Crippen LogP contribution in [0.2, 0.25) is 0 Å². The summed E-state index contributed by atoms with van der Waals surface area (Å²) >= 11 is 5.33. The Bertz CT molecular complexity index is 640. The number of nitriles is 1. The number of nitrogens with one attached hydrogen (secondary N) is 1. The fourth-order valence-electron chi connectivity index (χ4n) is 2.25. The zero-order valence-electron chi connectivity index (χ0n) is 8.73. The van der Waals surface area contributed by atoms with Crippen molar-refractivity contribution in [3.8, 4) is 6.07 Å². The summed E-state index contributed by atoms with van der Waals surface area (Å²) in [5.74, 6) is 0. The first-order valence-electron chi connectivity index (χ1n) is 5.44.